The molecule has 4 rings (SSSR count). The topological polar surface area (TPSA) is 114 Å². The number of methoxy groups -OCH3 is 1. The van der Waals surface area contributed by atoms with E-state index in [1.165, 1.54) is 6.20 Å². The number of carbonyl (C=O) groups is 1. The Morgan fingerprint density at radius 1 is 1.08 bits per heavy atom. The van der Waals surface area contributed by atoms with Crippen LogP contribution in [0.2, 0.25) is 5.02 Å². The van der Waals surface area contributed by atoms with Crippen molar-refractivity contribution < 1.29 is 17.9 Å². The van der Waals surface area contributed by atoms with E-state index in [9.17, 15) is 13.2 Å². The lowest BCUT2D eigenvalue weighted by atomic mass is 10.0. The number of amides is 1. The number of carbonyl (C=O) groups excluding carboxylic acids is 1. The number of nitrogens with one attached hydrogen (secondary N) is 2. The number of sulfone groups is 1. The predicted octanol–water partition coefficient (Wildman–Crippen LogP) is 5.50. The van der Waals surface area contributed by atoms with E-state index in [1.807, 2.05) is 26.0 Å². The van der Waals surface area contributed by atoms with Gasteiger partial charge in [-0.3, -0.25) is 4.79 Å². The third kappa shape index (κ3) is 5.65. The monoisotopic (exact) mass is 543 g/mol. The van der Waals surface area contributed by atoms with Crippen LogP contribution in [0.4, 0.5) is 28.8 Å². The Labute approximate surface area is 222 Å². The molecule has 37 heavy (non-hydrogen) atoms. The van der Waals surface area contributed by atoms with Crippen LogP contribution in [0.15, 0.2) is 47.5 Å². The van der Waals surface area contributed by atoms with Gasteiger partial charge in [-0.15, -0.1) is 0 Å². The summed E-state index contributed by atoms with van der Waals surface area (Å²) in [6, 6.07) is 10.4. The van der Waals surface area contributed by atoms with Crippen molar-refractivity contribution in [2.24, 2.45) is 0 Å². The number of aromatic nitrogens is 2. The van der Waals surface area contributed by atoms with E-state index < -0.39 is 9.84 Å². The highest BCUT2D eigenvalue weighted by molar-refractivity contribution is 7.91. The van der Waals surface area contributed by atoms with Crippen molar-refractivity contribution in [3.63, 3.8) is 0 Å². The van der Waals surface area contributed by atoms with Crippen LogP contribution in [0.5, 0.6) is 5.75 Å². The van der Waals surface area contributed by atoms with E-state index in [1.54, 1.807) is 36.3 Å². The molecule has 0 fully saturated rings. The van der Waals surface area contributed by atoms with E-state index in [-0.39, 0.29) is 33.3 Å². The highest BCUT2D eigenvalue weighted by Gasteiger charge is 2.25. The van der Waals surface area contributed by atoms with Crippen LogP contribution in [0.3, 0.4) is 0 Å². The van der Waals surface area contributed by atoms with Crippen molar-refractivity contribution in [1.29, 1.82) is 0 Å². The fourth-order valence-electron chi connectivity index (χ4n) is 4.46. The average molecular weight is 544 g/mol. The predicted molar refractivity (Wildman–Crippen MR) is 146 cm³/mol. The molecule has 9 nitrogen and oxygen atoms in total. The number of anilines is 5. The first-order valence-corrected chi connectivity index (χ1v) is 14.2. The summed E-state index contributed by atoms with van der Waals surface area (Å²) in [5.74, 6) is 1.26. The number of benzene rings is 2. The van der Waals surface area contributed by atoms with Crippen LogP contribution in [-0.4, -0.2) is 43.7 Å². The number of halogens is 1. The maximum Gasteiger partial charge on any atom is 0.229 e. The molecule has 0 aliphatic carbocycles. The first-order valence-electron chi connectivity index (χ1n) is 12.2. The number of rotatable bonds is 9. The van der Waals surface area contributed by atoms with Crippen LogP contribution < -0.4 is 20.3 Å². The average Bonchev–Trinajstić information content (AvgIpc) is 3.03. The standard InChI is InChI=1S/C26H30ClN5O4S/c1-4-15-37(34,35)22-11-7-6-10-19(22)29-25-18(27)16-28-26(31-25)30-20-13-14-21-17(24(20)36-3)9-8-12-23(33)32(21)5-2/h6-7,10-11,13-14,16H,4-5,8-9,12,15H2,1-3H3,(H2,28,29,30,31). The molecule has 1 aromatic heterocycles. The van der Waals surface area contributed by atoms with Gasteiger partial charge in [0.2, 0.25) is 11.9 Å². The minimum atomic E-state index is -3.47. The van der Waals surface area contributed by atoms with Crippen molar-refractivity contribution in [1.82, 2.24) is 9.97 Å². The lowest BCUT2D eigenvalue weighted by molar-refractivity contribution is -0.118. The molecule has 2 heterocycles. The molecule has 3 aromatic rings. The lowest BCUT2D eigenvalue weighted by Gasteiger charge is -2.24. The molecule has 196 valence electrons. The maximum atomic E-state index is 12.8. The molecular weight excluding hydrogens is 514 g/mol. The molecule has 0 spiro atoms. The van der Waals surface area contributed by atoms with Crippen LogP contribution in [0, 0.1) is 0 Å². The van der Waals surface area contributed by atoms with Crippen molar-refractivity contribution >= 4 is 56.2 Å². The molecule has 2 N–H and O–H groups in total. The second-order valence-electron chi connectivity index (χ2n) is 8.59. The summed E-state index contributed by atoms with van der Waals surface area (Å²) >= 11 is 6.37. The Morgan fingerprint density at radius 2 is 1.86 bits per heavy atom. The zero-order valence-electron chi connectivity index (χ0n) is 21.0. The second kappa shape index (κ2) is 11.4. The number of ether oxygens (including phenoxy) is 1. The van der Waals surface area contributed by atoms with Crippen LogP contribution in [0.1, 0.15) is 38.7 Å². The smallest absolute Gasteiger partial charge is 0.229 e. The van der Waals surface area contributed by atoms with Gasteiger partial charge in [0.05, 0.1) is 41.0 Å². The summed E-state index contributed by atoms with van der Waals surface area (Å²) in [7, 11) is -1.88. The summed E-state index contributed by atoms with van der Waals surface area (Å²) in [5, 5.41) is 6.48. The van der Waals surface area contributed by atoms with Crippen molar-refractivity contribution in [3.05, 3.63) is 53.2 Å². The molecule has 0 bridgehead atoms. The molecule has 1 amide bonds. The number of hydrogen-bond acceptors (Lipinski definition) is 8. The number of para-hydroxylation sites is 1. The fourth-order valence-corrected chi connectivity index (χ4v) is 6.09. The van der Waals surface area contributed by atoms with Crippen LogP contribution >= 0.6 is 11.6 Å². The summed E-state index contributed by atoms with van der Waals surface area (Å²) in [5.41, 5.74) is 2.82. The third-order valence-electron chi connectivity index (χ3n) is 6.10. The van der Waals surface area contributed by atoms with Crippen LogP contribution in [-0.2, 0) is 21.1 Å². The molecule has 11 heteroatoms. The molecule has 0 radical (unpaired) electrons. The van der Waals surface area contributed by atoms with Gasteiger partial charge in [-0.1, -0.05) is 30.7 Å². The van der Waals surface area contributed by atoms with Crippen molar-refractivity contribution in [2.75, 3.05) is 34.9 Å². The van der Waals surface area contributed by atoms with E-state index in [0.29, 0.717) is 42.9 Å². The molecule has 1 aliphatic heterocycles. The van der Waals surface area contributed by atoms with Gasteiger partial charge in [-0.05, 0) is 50.5 Å². The highest BCUT2D eigenvalue weighted by Crippen LogP contribution is 2.40. The van der Waals surface area contributed by atoms with Crippen molar-refractivity contribution in [3.8, 4) is 5.75 Å². The Kier molecular flexibility index (Phi) is 8.19. The molecule has 0 saturated heterocycles. The van der Waals surface area contributed by atoms with Gasteiger partial charge in [-0.2, -0.15) is 4.98 Å². The third-order valence-corrected chi connectivity index (χ3v) is 8.35. The first kappa shape index (κ1) is 26.7. The van der Waals surface area contributed by atoms with Gasteiger partial charge < -0.3 is 20.3 Å². The van der Waals surface area contributed by atoms with Gasteiger partial charge in [0.15, 0.2) is 15.7 Å². The van der Waals surface area contributed by atoms with E-state index in [2.05, 4.69) is 20.6 Å². The van der Waals surface area contributed by atoms with Crippen LogP contribution in [0.25, 0.3) is 0 Å². The minimum absolute atomic E-state index is 0.0369. The Balaban J connectivity index is 1.67. The van der Waals surface area contributed by atoms with Crippen molar-refractivity contribution in [2.45, 2.75) is 44.4 Å². The summed E-state index contributed by atoms with van der Waals surface area (Å²) in [4.78, 5) is 23.3. The number of hydrogen-bond donors (Lipinski definition) is 2. The molecule has 0 unspecified atom stereocenters. The Hall–Kier alpha value is -3.37. The zero-order chi connectivity index (χ0) is 26.6. The minimum Gasteiger partial charge on any atom is -0.494 e. The highest BCUT2D eigenvalue weighted by atomic mass is 35.5. The van der Waals surface area contributed by atoms with Gasteiger partial charge in [0, 0.05) is 18.5 Å². The van der Waals surface area contributed by atoms with Gasteiger partial charge in [-0.25, -0.2) is 13.4 Å². The molecule has 2 aromatic carbocycles. The first-order chi connectivity index (χ1) is 17.8. The summed E-state index contributed by atoms with van der Waals surface area (Å²) in [6.07, 6.45) is 3.86. The molecular formula is C26H30ClN5O4S. The maximum absolute atomic E-state index is 12.8. The summed E-state index contributed by atoms with van der Waals surface area (Å²) < 4.78 is 31.3. The lowest BCUT2D eigenvalue weighted by Crippen LogP contribution is -2.29. The molecule has 0 atom stereocenters. The van der Waals surface area contributed by atoms with Gasteiger partial charge >= 0.3 is 0 Å². The van der Waals surface area contributed by atoms with Gasteiger partial charge in [0.25, 0.3) is 0 Å². The molecule has 1 aliphatic rings. The fraction of sp³-hybridized carbons (Fsp3) is 0.346. The van der Waals surface area contributed by atoms with E-state index in [0.717, 1.165) is 17.7 Å². The normalized spacial score (nSPS) is 13.6. The second-order valence-corrected chi connectivity index (χ2v) is 11.1. The number of fused-ring (bicyclic) bond motifs is 1. The SMILES string of the molecule is CCCS(=O)(=O)c1ccccc1Nc1nc(Nc2ccc3c(c2OC)CCCC(=O)N3CC)ncc1Cl. The van der Waals surface area contributed by atoms with E-state index in [4.69, 9.17) is 16.3 Å². The Morgan fingerprint density at radius 3 is 2.59 bits per heavy atom. The van der Waals surface area contributed by atoms with E-state index >= 15 is 0 Å². The Bertz CT molecular complexity index is 1410. The number of nitrogens with zero attached hydrogens (tertiary/aromatic N) is 3. The zero-order valence-corrected chi connectivity index (χ0v) is 22.6. The summed E-state index contributed by atoms with van der Waals surface area (Å²) in [6.45, 7) is 4.35. The molecule has 0 saturated carbocycles. The largest absolute Gasteiger partial charge is 0.494 e. The quantitative estimate of drug-likeness (QED) is 0.364. The van der Waals surface area contributed by atoms with Gasteiger partial charge in [0.1, 0.15) is 10.8 Å².